The predicted molar refractivity (Wildman–Crippen MR) is 39.4 cm³/mol. The molecule has 3 N–H and O–H groups in total. The first-order valence-electron chi connectivity index (χ1n) is 3.80. The van der Waals surface area contributed by atoms with Crippen LogP contribution in [0.3, 0.4) is 0 Å². The zero-order chi connectivity index (χ0) is 9.30. The second-order valence-corrected chi connectivity index (χ2v) is 2.92. The van der Waals surface area contributed by atoms with Crippen molar-refractivity contribution in [2.45, 2.75) is 37.6 Å². The third-order valence-corrected chi connectivity index (χ3v) is 2.04. The zero-order valence-electron chi connectivity index (χ0n) is 7.04. The van der Waals surface area contributed by atoms with E-state index >= 15 is 0 Å². The van der Waals surface area contributed by atoms with E-state index in [4.69, 9.17) is 9.47 Å². The van der Waals surface area contributed by atoms with Crippen LogP contribution in [-0.2, 0) is 9.47 Å². The largest absolute Gasteiger partial charge is 0.388 e. The molecule has 0 amide bonds. The Morgan fingerprint density at radius 3 is 2.17 bits per heavy atom. The van der Waals surface area contributed by atoms with Gasteiger partial charge in [0.15, 0.2) is 6.29 Å². The molecular formula is C7H14O5. The highest BCUT2D eigenvalue weighted by Gasteiger charge is 2.41. The highest BCUT2D eigenvalue weighted by Crippen LogP contribution is 2.20. The number of aliphatic hydroxyl groups is 3. The van der Waals surface area contributed by atoms with E-state index in [0.717, 1.165) is 0 Å². The molecule has 1 unspecified atom stereocenters. The fourth-order valence-corrected chi connectivity index (χ4v) is 1.21. The van der Waals surface area contributed by atoms with Crippen LogP contribution in [0.5, 0.6) is 0 Å². The number of rotatable bonds is 1. The summed E-state index contributed by atoms with van der Waals surface area (Å²) in [6.45, 7) is 1.60. The van der Waals surface area contributed by atoms with Crippen molar-refractivity contribution in [3.8, 4) is 0 Å². The summed E-state index contributed by atoms with van der Waals surface area (Å²) in [5, 5.41) is 27.8. The second-order valence-electron chi connectivity index (χ2n) is 2.92. The molecule has 1 rings (SSSR count). The molecular weight excluding hydrogens is 164 g/mol. The molecule has 0 bridgehead atoms. The zero-order valence-corrected chi connectivity index (χ0v) is 7.04. The summed E-state index contributed by atoms with van der Waals surface area (Å²) >= 11 is 0. The van der Waals surface area contributed by atoms with Gasteiger partial charge in [0.1, 0.15) is 18.3 Å². The molecule has 1 saturated heterocycles. The Labute approximate surface area is 70.5 Å². The fraction of sp³-hybridized carbons (Fsp3) is 1.00. The Bertz CT molecular complexity index is 146. The van der Waals surface area contributed by atoms with Gasteiger partial charge < -0.3 is 24.8 Å². The molecule has 1 aliphatic rings. The van der Waals surface area contributed by atoms with Crippen LogP contribution in [0.1, 0.15) is 6.92 Å². The topological polar surface area (TPSA) is 79.2 Å². The number of hydrogen-bond acceptors (Lipinski definition) is 5. The van der Waals surface area contributed by atoms with Crippen LogP contribution in [0.4, 0.5) is 0 Å². The van der Waals surface area contributed by atoms with Crippen molar-refractivity contribution in [1.82, 2.24) is 0 Å². The minimum Gasteiger partial charge on any atom is -0.388 e. The number of ether oxygens (including phenoxy) is 2. The summed E-state index contributed by atoms with van der Waals surface area (Å²) in [6.07, 6.45) is -4.86. The van der Waals surface area contributed by atoms with Gasteiger partial charge in [-0.3, -0.25) is 0 Å². The van der Waals surface area contributed by atoms with Gasteiger partial charge in [-0.25, -0.2) is 0 Å². The minimum absolute atomic E-state index is 0.534. The van der Waals surface area contributed by atoms with E-state index in [1.54, 1.807) is 6.92 Å². The van der Waals surface area contributed by atoms with E-state index in [0.29, 0.717) is 0 Å². The average Bonchev–Trinajstić information content (AvgIpc) is 2.08. The lowest BCUT2D eigenvalue weighted by Gasteiger charge is -2.38. The molecule has 0 radical (unpaired) electrons. The Morgan fingerprint density at radius 1 is 1.08 bits per heavy atom. The number of methoxy groups -OCH3 is 1. The maximum absolute atomic E-state index is 9.27. The normalized spacial score (nSPS) is 49.2. The summed E-state index contributed by atoms with van der Waals surface area (Å²) in [5.41, 5.74) is 0. The third-order valence-electron chi connectivity index (χ3n) is 2.04. The molecule has 1 aliphatic heterocycles. The Hall–Kier alpha value is -0.200. The number of hydrogen-bond donors (Lipinski definition) is 3. The van der Waals surface area contributed by atoms with Crippen molar-refractivity contribution < 1.29 is 24.8 Å². The quantitative estimate of drug-likeness (QED) is 0.453. The molecule has 0 spiro atoms. The van der Waals surface area contributed by atoms with Gasteiger partial charge in [-0.1, -0.05) is 0 Å². The minimum atomic E-state index is -1.21. The van der Waals surface area contributed by atoms with Crippen LogP contribution >= 0.6 is 0 Å². The average molecular weight is 178 g/mol. The van der Waals surface area contributed by atoms with E-state index < -0.39 is 30.7 Å². The molecule has 0 aromatic rings. The molecule has 0 aromatic heterocycles. The van der Waals surface area contributed by atoms with E-state index in [-0.39, 0.29) is 0 Å². The molecule has 5 nitrogen and oxygen atoms in total. The lowest BCUT2D eigenvalue weighted by atomic mass is 10.0. The van der Waals surface area contributed by atoms with Gasteiger partial charge in [0, 0.05) is 7.11 Å². The van der Waals surface area contributed by atoms with Crippen molar-refractivity contribution >= 4 is 0 Å². The summed E-state index contributed by atoms with van der Waals surface area (Å²) < 4.78 is 9.80. The molecule has 12 heavy (non-hydrogen) atoms. The molecule has 1 fully saturated rings. The van der Waals surface area contributed by atoms with Gasteiger partial charge in [0.25, 0.3) is 0 Å². The first kappa shape index (κ1) is 9.88. The van der Waals surface area contributed by atoms with E-state index in [2.05, 4.69) is 0 Å². The van der Waals surface area contributed by atoms with Gasteiger partial charge >= 0.3 is 0 Å². The highest BCUT2D eigenvalue weighted by molar-refractivity contribution is 4.86. The van der Waals surface area contributed by atoms with Gasteiger partial charge in [-0.2, -0.15) is 0 Å². The van der Waals surface area contributed by atoms with Gasteiger partial charge in [0.05, 0.1) is 6.10 Å². The van der Waals surface area contributed by atoms with Crippen molar-refractivity contribution in [3.63, 3.8) is 0 Å². The monoisotopic (exact) mass is 178 g/mol. The summed E-state index contributed by atoms with van der Waals surface area (Å²) in [4.78, 5) is 0. The van der Waals surface area contributed by atoms with Crippen molar-refractivity contribution in [1.29, 1.82) is 0 Å². The SMILES string of the molecule is COC1O[C@H](C)[C@@H](O)[C@H](O)[C@H]1O. The van der Waals surface area contributed by atoms with E-state index in [9.17, 15) is 15.3 Å². The summed E-state index contributed by atoms with van der Waals surface area (Å²) in [5.74, 6) is 0. The van der Waals surface area contributed by atoms with E-state index in [1.165, 1.54) is 7.11 Å². The van der Waals surface area contributed by atoms with Crippen LogP contribution in [0.15, 0.2) is 0 Å². The molecule has 1 heterocycles. The molecule has 0 aliphatic carbocycles. The number of aliphatic hydroxyl groups excluding tert-OH is 3. The van der Waals surface area contributed by atoms with Crippen molar-refractivity contribution in [2.75, 3.05) is 7.11 Å². The van der Waals surface area contributed by atoms with Crippen LogP contribution in [-0.4, -0.2) is 53.1 Å². The maximum atomic E-state index is 9.27. The predicted octanol–water partition coefficient (Wildman–Crippen LogP) is -1.54. The van der Waals surface area contributed by atoms with Crippen molar-refractivity contribution in [2.24, 2.45) is 0 Å². The van der Waals surface area contributed by atoms with E-state index in [1.807, 2.05) is 0 Å². The smallest absolute Gasteiger partial charge is 0.186 e. The standard InChI is InChI=1S/C7H14O5/c1-3-4(8)5(9)6(10)7(11-2)12-3/h3-10H,1-2H3/t3-,4-,5+,6-,7?/m1/s1. The maximum Gasteiger partial charge on any atom is 0.186 e. The van der Waals surface area contributed by atoms with Crippen molar-refractivity contribution in [3.05, 3.63) is 0 Å². The molecule has 0 aromatic carbocycles. The fourth-order valence-electron chi connectivity index (χ4n) is 1.21. The Balaban J connectivity index is 2.63. The lowest BCUT2D eigenvalue weighted by molar-refractivity contribution is -0.286. The molecule has 72 valence electrons. The first-order chi connectivity index (χ1) is 5.57. The Morgan fingerprint density at radius 2 is 1.67 bits per heavy atom. The highest BCUT2D eigenvalue weighted by atomic mass is 16.7. The van der Waals surface area contributed by atoms with Gasteiger partial charge in [-0.15, -0.1) is 0 Å². The van der Waals surface area contributed by atoms with Crippen LogP contribution < -0.4 is 0 Å². The second kappa shape index (κ2) is 3.68. The Kier molecular flexibility index (Phi) is 3.03. The lowest BCUT2D eigenvalue weighted by Crippen LogP contribution is -2.57. The molecule has 5 heteroatoms. The third kappa shape index (κ3) is 1.60. The first-order valence-corrected chi connectivity index (χ1v) is 3.80. The molecule has 0 saturated carbocycles. The summed E-state index contributed by atoms with van der Waals surface area (Å²) in [6, 6.07) is 0. The van der Waals surface area contributed by atoms with Gasteiger partial charge in [0.2, 0.25) is 0 Å². The van der Waals surface area contributed by atoms with Crippen LogP contribution in [0, 0.1) is 0 Å². The van der Waals surface area contributed by atoms with Crippen LogP contribution in [0.2, 0.25) is 0 Å². The van der Waals surface area contributed by atoms with Crippen LogP contribution in [0.25, 0.3) is 0 Å². The summed E-state index contributed by atoms with van der Waals surface area (Å²) in [7, 11) is 1.37. The molecule has 5 atom stereocenters. The van der Waals surface area contributed by atoms with Gasteiger partial charge in [-0.05, 0) is 6.92 Å².